The Bertz CT molecular complexity index is 4330. The summed E-state index contributed by atoms with van der Waals surface area (Å²) in [5.41, 5.74) is 9.31. The van der Waals surface area contributed by atoms with Crippen LogP contribution in [0.2, 0.25) is 0 Å². The monoisotopic (exact) mass is 1780 g/mol. The number of aliphatic hydroxyl groups is 4. The first-order chi connectivity index (χ1) is 57.8. The van der Waals surface area contributed by atoms with Crippen molar-refractivity contribution in [3.63, 3.8) is 0 Å². The molecule has 2 fully saturated rings. The Kier molecular flexibility index (Phi) is 42.0. The number of hydrogen-bond acceptors (Lipinski definition) is 29. The SMILES string of the molecule is CC(=O)N[C@H]1[C@H]([C@H](O)[C@H](O)CNC(=O)c2ccc(-c3ccccc3)cc2)O[C@@](OCCCSCCNC(=O)c2ccc(C(=O)NCCSCCCO[C@]3(C(=O)O)C[C@H](NS(=O)(=O)O)[C@@H](NC(C)=O)[C@H]([C@H](O)[C@H](O)CNC(=O)c4ccc(-c5ccccc5)cc4)O3)c(OCCOCCOCCOCCOCCOCCN)c2)(C(=O)O)C[C@@H]1NS(=O)(=O)O. The summed E-state index contributed by atoms with van der Waals surface area (Å²) in [5, 5.41) is 82.3. The Morgan fingerprint density at radius 3 is 1.19 bits per heavy atom. The molecule has 121 heavy (non-hydrogen) atoms. The summed E-state index contributed by atoms with van der Waals surface area (Å²) in [6.45, 7) is 3.51. The van der Waals surface area contributed by atoms with Gasteiger partial charge in [0.25, 0.3) is 35.2 Å². The minimum absolute atomic E-state index is 0.00873. The molecule has 0 aliphatic carbocycles. The van der Waals surface area contributed by atoms with Crippen LogP contribution in [-0.2, 0) is 82.4 Å². The normalized spacial score (nSPS) is 20.2. The van der Waals surface area contributed by atoms with Crippen molar-refractivity contribution in [2.75, 3.05) is 142 Å². The van der Waals surface area contributed by atoms with Crippen molar-refractivity contribution in [2.24, 2.45) is 5.73 Å². The van der Waals surface area contributed by atoms with Gasteiger partial charge < -0.3 is 116 Å². The molecule has 43 heteroatoms. The summed E-state index contributed by atoms with van der Waals surface area (Å²) in [4.78, 5) is 105. The molecule has 0 saturated carbocycles. The van der Waals surface area contributed by atoms with Crippen LogP contribution in [0.1, 0.15) is 81.0 Å². The predicted molar refractivity (Wildman–Crippen MR) is 440 cm³/mol. The number of carbonyl (C=O) groups is 8. The van der Waals surface area contributed by atoms with Gasteiger partial charge in [0.15, 0.2) is 0 Å². The fourth-order valence-corrected chi connectivity index (χ4v) is 15.4. The van der Waals surface area contributed by atoms with Gasteiger partial charge in [-0.3, -0.25) is 37.9 Å². The third-order valence-electron chi connectivity index (χ3n) is 18.4. The largest absolute Gasteiger partial charge is 0.490 e. The molecule has 18 N–H and O–H groups in total. The number of thioether (sulfide) groups is 2. The van der Waals surface area contributed by atoms with E-state index in [0.29, 0.717) is 51.9 Å². The molecule has 39 nitrogen and oxygen atoms in total. The number of aliphatic hydroxyl groups excluding tert-OH is 4. The zero-order valence-corrected chi connectivity index (χ0v) is 69.8. The highest BCUT2D eigenvalue weighted by Crippen LogP contribution is 2.37. The van der Waals surface area contributed by atoms with Crippen LogP contribution < -0.4 is 51.8 Å². The number of carboxylic acid groups (broad SMARTS) is 2. The average molecular weight is 1780 g/mol. The van der Waals surface area contributed by atoms with Crippen molar-refractivity contribution in [2.45, 2.75) is 112 Å². The van der Waals surface area contributed by atoms with Crippen LogP contribution in [0.15, 0.2) is 127 Å². The van der Waals surface area contributed by atoms with Crippen molar-refractivity contribution in [1.82, 2.24) is 41.3 Å². The van der Waals surface area contributed by atoms with E-state index in [2.05, 4.69) is 31.9 Å². The van der Waals surface area contributed by atoms with Crippen molar-refractivity contribution in [3.8, 4) is 28.0 Å². The number of nitrogens with two attached hydrogens (primary N) is 1. The van der Waals surface area contributed by atoms with Crippen molar-refractivity contribution >= 4 is 91.5 Å². The van der Waals surface area contributed by atoms with Crippen LogP contribution >= 0.6 is 23.5 Å². The summed E-state index contributed by atoms with van der Waals surface area (Å²) in [7, 11) is -10.3. The molecule has 7 rings (SSSR count). The van der Waals surface area contributed by atoms with Crippen molar-refractivity contribution in [1.29, 1.82) is 0 Å². The Labute approximate surface area is 708 Å². The highest BCUT2D eigenvalue weighted by Gasteiger charge is 2.58. The van der Waals surface area contributed by atoms with E-state index < -0.39 is 166 Å². The second kappa shape index (κ2) is 51.0. The standard InChI is InChI=1S/C78H107N9O30S4/c1-50(88)84-65-60(86-120(102,103)104)46-77(75(98)99,116-69(65)67(92)62(90)48-82-71(94)56-19-15-54(16-20-56)52-11-5-3-6-12-52)114-28-9-41-118-43-26-80-73(96)58-23-24-59(64(45-58)113-40-39-112-38-37-111-36-35-110-34-33-109-32-31-108-30-25-79)74(97)81-27-44-119-42-10-29-115-78(76(100)101)47-61(87-121(105,106)107)66(85-51(2)89)70(117-78)68(93)63(91)49-83-72(95)57-21-17-55(18-22-57)53-13-7-4-8-14-53/h3-8,11-24,45,60-63,65-70,86-87,90-93H,9-10,25-44,46-49,79H2,1-2H3,(H,80,96)(H,81,97)(H,82,94)(H,83,95)(H,84,88)(H,85,89)(H,98,99)(H,100,101)(H,102,103,104)(H,105,106,107)/t60-,61-,62+,63+,65+,66+,67+,68+,69+,70+,77+,78+/m0/s1. The van der Waals surface area contributed by atoms with E-state index >= 15 is 0 Å². The van der Waals surface area contributed by atoms with E-state index in [9.17, 15) is 94.9 Å². The van der Waals surface area contributed by atoms with Crippen LogP contribution in [0.25, 0.3) is 22.3 Å². The number of nitrogens with one attached hydrogen (secondary N) is 8. The first kappa shape index (κ1) is 99.6. The number of rotatable bonds is 56. The number of carboxylic acids is 2. The van der Waals surface area contributed by atoms with Crippen LogP contribution in [-0.4, -0.2) is 318 Å². The fraction of sp³-hybridized carbons (Fsp3) is 0.513. The lowest BCUT2D eigenvalue weighted by Crippen LogP contribution is -2.71. The number of hydrogen-bond donors (Lipinski definition) is 17. The highest BCUT2D eigenvalue weighted by atomic mass is 32.2. The van der Waals surface area contributed by atoms with Gasteiger partial charge in [-0.25, -0.2) is 9.59 Å². The summed E-state index contributed by atoms with van der Waals surface area (Å²) in [6, 6.07) is 29.0. The van der Waals surface area contributed by atoms with Crippen molar-refractivity contribution in [3.05, 3.63) is 150 Å². The van der Waals surface area contributed by atoms with Gasteiger partial charge in [-0.15, -0.1) is 0 Å². The topological polar surface area (TPSA) is 581 Å². The van der Waals surface area contributed by atoms with Gasteiger partial charge in [0.05, 0.1) is 121 Å². The first-order valence-electron chi connectivity index (χ1n) is 38.6. The van der Waals surface area contributed by atoms with Gasteiger partial charge >= 0.3 is 32.5 Å². The third-order valence-corrected chi connectivity index (χ3v) is 21.8. The first-order valence-corrected chi connectivity index (χ1v) is 43.8. The number of carbonyl (C=O) groups excluding carboxylic acids is 6. The van der Waals surface area contributed by atoms with E-state index in [1.54, 1.807) is 24.3 Å². The van der Waals surface area contributed by atoms with Crippen LogP contribution in [0.5, 0.6) is 5.75 Å². The number of benzene rings is 5. The second-order valence-electron chi connectivity index (χ2n) is 27.5. The average Bonchev–Trinajstić information content (AvgIpc) is 0.763. The van der Waals surface area contributed by atoms with E-state index in [4.69, 9.17) is 53.1 Å². The Morgan fingerprint density at radius 1 is 0.463 bits per heavy atom. The smallest absolute Gasteiger partial charge is 0.364 e. The summed E-state index contributed by atoms with van der Waals surface area (Å²) >= 11 is 2.60. The van der Waals surface area contributed by atoms with E-state index in [0.717, 1.165) is 36.1 Å². The summed E-state index contributed by atoms with van der Waals surface area (Å²) < 4.78 is 130. The zero-order chi connectivity index (χ0) is 88.0. The molecule has 2 aliphatic rings. The molecule has 2 heterocycles. The lowest BCUT2D eigenvalue weighted by Gasteiger charge is -2.48. The van der Waals surface area contributed by atoms with E-state index in [1.165, 1.54) is 66.0 Å². The molecule has 5 aromatic rings. The molecule has 2 aliphatic heterocycles. The summed E-state index contributed by atoms with van der Waals surface area (Å²) in [5.74, 6) is -12.1. The molecule has 668 valence electrons. The molecular weight excluding hydrogens is 1670 g/mol. The third kappa shape index (κ3) is 33.6. The Balaban J connectivity index is 0.910. The molecule has 0 bridgehead atoms. The maximum Gasteiger partial charge on any atom is 0.364 e. The van der Waals surface area contributed by atoms with Gasteiger partial charge in [-0.1, -0.05) is 84.9 Å². The van der Waals surface area contributed by atoms with Gasteiger partial charge in [0, 0.05) is 87.6 Å². The van der Waals surface area contributed by atoms with E-state index in [-0.39, 0.29) is 117 Å². The quantitative estimate of drug-likeness (QED) is 0.0182. The molecule has 5 aromatic carbocycles. The Morgan fingerprint density at radius 2 is 0.818 bits per heavy atom. The number of aliphatic carboxylic acids is 2. The van der Waals surface area contributed by atoms with Gasteiger partial charge in [0.2, 0.25) is 11.8 Å². The minimum atomic E-state index is -5.16. The van der Waals surface area contributed by atoms with Crippen LogP contribution in [0, 0.1) is 0 Å². The molecule has 0 spiro atoms. The van der Waals surface area contributed by atoms with Gasteiger partial charge in [-0.2, -0.15) is 49.8 Å². The molecule has 0 unspecified atom stereocenters. The predicted octanol–water partition coefficient (Wildman–Crippen LogP) is 0.155. The maximum absolute atomic E-state index is 13.9. The highest BCUT2D eigenvalue weighted by molar-refractivity contribution is 7.99. The zero-order valence-electron chi connectivity index (χ0n) is 66.6. The van der Waals surface area contributed by atoms with Gasteiger partial charge in [-0.05, 0) is 89.1 Å². The summed E-state index contributed by atoms with van der Waals surface area (Å²) in [6.07, 6.45) is -13.6. The van der Waals surface area contributed by atoms with Crippen molar-refractivity contribution < 1.29 is 142 Å². The molecule has 0 aromatic heterocycles. The maximum atomic E-state index is 13.9. The van der Waals surface area contributed by atoms with Crippen LogP contribution in [0.3, 0.4) is 0 Å². The molecule has 12 atom stereocenters. The van der Waals surface area contributed by atoms with E-state index in [1.807, 2.05) is 70.1 Å². The lowest BCUT2D eigenvalue weighted by molar-refractivity contribution is -0.299. The lowest BCUT2D eigenvalue weighted by atomic mass is 9.87. The number of ether oxygens (including phenoxy) is 10. The minimum Gasteiger partial charge on any atom is -0.490 e. The number of amides is 6. The van der Waals surface area contributed by atoms with Crippen LogP contribution in [0.4, 0.5) is 0 Å². The molecule has 6 amide bonds. The molecule has 0 radical (unpaired) electrons. The second-order valence-corrected chi connectivity index (χ2v) is 32.3. The van der Waals surface area contributed by atoms with Gasteiger partial charge in [0.1, 0.15) is 36.8 Å². The molecule has 2 saturated heterocycles. The Hall–Kier alpha value is -8.46. The molecular formula is C78H107N9O30S4. The fourth-order valence-electron chi connectivity index (χ4n) is 12.7.